The molecule has 0 spiro atoms. The van der Waals surface area contributed by atoms with E-state index < -0.39 is 10.0 Å². The number of carbonyl (C=O) groups excluding carboxylic acids is 1. The van der Waals surface area contributed by atoms with E-state index in [1.807, 2.05) is 0 Å². The third-order valence-electron chi connectivity index (χ3n) is 2.99. The van der Waals surface area contributed by atoms with Crippen LogP contribution in [0.15, 0.2) is 29.2 Å². The molecular weight excluding hydrogens is 274 g/mol. The maximum absolute atomic E-state index is 12.1. The lowest BCUT2D eigenvalue weighted by Crippen LogP contribution is -2.37. The van der Waals surface area contributed by atoms with Crippen molar-refractivity contribution in [2.75, 3.05) is 0 Å². The Morgan fingerprint density at radius 3 is 2.22 bits per heavy atom. The van der Waals surface area contributed by atoms with Gasteiger partial charge < -0.3 is 0 Å². The minimum atomic E-state index is -3.51. The van der Waals surface area contributed by atoms with Gasteiger partial charge in [0.25, 0.3) is 0 Å². The molecule has 1 aliphatic carbocycles. The second-order valence-electron chi connectivity index (χ2n) is 4.39. The molecule has 1 aromatic carbocycles. The van der Waals surface area contributed by atoms with E-state index >= 15 is 0 Å². The van der Waals surface area contributed by atoms with Crippen LogP contribution in [0.5, 0.6) is 0 Å². The Bertz CT molecular complexity index is 529. The van der Waals surface area contributed by atoms with E-state index in [1.165, 1.54) is 12.1 Å². The average molecular weight is 288 g/mol. The maximum atomic E-state index is 12.1. The van der Waals surface area contributed by atoms with E-state index in [1.54, 1.807) is 12.1 Å². The molecule has 98 valence electrons. The Kier molecular flexibility index (Phi) is 4.04. The predicted octanol–water partition coefficient (Wildman–Crippen LogP) is 2.13. The van der Waals surface area contributed by atoms with Crippen LogP contribution in [0.4, 0.5) is 0 Å². The third-order valence-corrected chi connectivity index (χ3v) is 4.78. The van der Waals surface area contributed by atoms with Gasteiger partial charge in [-0.15, -0.1) is 0 Å². The quantitative estimate of drug-likeness (QED) is 0.926. The summed E-state index contributed by atoms with van der Waals surface area (Å²) in [5.74, 6) is 0.206. The van der Waals surface area contributed by atoms with Gasteiger partial charge in [0, 0.05) is 23.9 Å². The molecule has 1 fully saturated rings. The summed E-state index contributed by atoms with van der Waals surface area (Å²) < 4.78 is 26.7. The highest BCUT2D eigenvalue weighted by molar-refractivity contribution is 7.89. The molecule has 1 aromatic rings. The molecule has 0 aromatic heterocycles. The highest BCUT2D eigenvalue weighted by Gasteiger charge is 2.24. The second kappa shape index (κ2) is 5.38. The number of rotatable bonds is 3. The Hall–Kier alpha value is -0.910. The van der Waals surface area contributed by atoms with Crippen LogP contribution < -0.4 is 4.72 Å². The first kappa shape index (κ1) is 13.5. The smallest absolute Gasteiger partial charge is 0.240 e. The Labute approximate surface area is 111 Å². The fourth-order valence-corrected chi connectivity index (χ4v) is 3.39. The van der Waals surface area contributed by atoms with Gasteiger partial charge in [0.1, 0.15) is 5.78 Å². The van der Waals surface area contributed by atoms with Crippen molar-refractivity contribution in [1.29, 1.82) is 0 Å². The summed E-state index contributed by atoms with van der Waals surface area (Å²) in [7, 11) is -3.51. The van der Waals surface area contributed by atoms with Crippen LogP contribution in [0.2, 0.25) is 5.02 Å². The zero-order valence-electron chi connectivity index (χ0n) is 9.73. The number of sulfonamides is 1. The average Bonchev–Trinajstić information content (AvgIpc) is 2.32. The van der Waals surface area contributed by atoms with Crippen LogP contribution in [0, 0.1) is 0 Å². The Balaban J connectivity index is 2.07. The highest BCUT2D eigenvalue weighted by atomic mass is 35.5. The Morgan fingerprint density at radius 1 is 1.11 bits per heavy atom. The van der Waals surface area contributed by atoms with Crippen molar-refractivity contribution in [2.45, 2.75) is 36.6 Å². The first-order valence-electron chi connectivity index (χ1n) is 5.77. The van der Waals surface area contributed by atoms with Gasteiger partial charge in [0.15, 0.2) is 0 Å². The minimum Gasteiger partial charge on any atom is -0.300 e. The summed E-state index contributed by atoms with van der Waals surface area (Å²) in [4.78, 5) is 11.3. The molecule has 0 heterocycles. The van der Waals surface area contributed by atoms with Crippen LogP contribution in [0.3, 0.4) is 0 Å². The first-order valence-corrected chi connectivity index (χ1v) is 7.63. The van der Waals surface area contributed by atoms with E-state index in [2.05, 4.69) is 4.72 Å². The summed E-state index contributed by atoms with van der Waals surface area (Å²) in [6.07, 6.45) is 2.05. The van der Waals surface area contributed by atoms with Crippen molar-refractivity contribution in [3.63, 3.8) is 0 Å². The zero-order chi connectivity index (χ0) is 13.2. The molecule has 0 atom stereocenters. The number of halogens is 1. The van der Waals surface area contributed by atoms with E-state index in [-0.39, 0.29) is 16.7 Å². The molecule has 0 radical (unpaired) electrons. The molecule has 4 nitrogen and oxygen atoms in total. The zero-order valence-corrected chi connectivity index (χ0v) is 11.3. The molecule has 1 aliphatic rings. The van der Waals surface area contributed by atoms with Gasteiger partial charge in [0.2, 0.25) is 10.0 Å². The van der Waals surface area contributed by atoms with Crippen LogP contribution >= 0.6 is 11.6 Å². The lowest BCUT2D eigenvalue weighted by Gasteiger charge is -2.21. The van der Waals surface area contributed by atoms with Crippen LogP contribution in [-0.2, 0) is 14.8 Å². The lowest BCUT2D eigenvalue weighted by molar-refractivity contribution is -0.120. The Morgan fingerprint density at radius 2 is 1.67 bits per heavy atom. The van der Waals surface area contributed by atoms with Crippen molar-refractivity contribution in [3.8, 4) is 0 Å². The van der Waals surface area contributed by atoms with Crippen LogP contribution in [-0.4, -0.2) is 20.2 Å². The van der Waals surface area contributed by atoms with Gasteiger partial charge in [-0.05, 0) is 37.1 Å². The fraction of sp³-hybridized carbons (Fsp3) is 0.417. The summed E-state index contributed by atoms with van der Waals surface area (Å²) in [6.45, 7) is 0. The first-order chi connectivity index (χ1) is 8.47. The molecule has 0 saturated heterocycles. The number of hydrogen-bond acceptors (Lipinski definition) is 3. The summed E-state index contributed by atoms with van der Waals surface area (Å²) in [5, 5.41) is 0.497. The highest BCUT2D eigenvalue weighted by Crippen LogP contribution is 2.19. The number of carbonyl (C=O) groups is 1. The number of hydrogen-bond donors (Lipinski definition) is 1. The molecule has 18 heavy (non-hydrogen) atoms. The van der Waals surface area contributed by atoms with Crippen molar-refractivity contribution in [1.82, 2.24) is 4.72 Å². The molecule has 2 rings (SSSR count). The summed E-state index contributed by atoms with van der Waals surface area (Å²) >= 11 is 5.72. The van der Waals surface area contributed by atoms with Gasteiger partial charge in [-0.2, -0.15) is 0 Å². The SMILES string of the molecule is O=C1CCC(NS(=O)(=O)c2ccc(Cl)cc2)CC1. The van der Waals surface area contributed by atoms with Gasteiger partial charge >= 0.3 is 0 Å². The standard InChI is InChI=1S/C12H14ClNO3S/c13-9-1-7-12(8-2-9)18(16,17)14-10-3-5-11(15)6-4-10/h1-2,7-8,10,14H,3-6H2. The maximum Gasteiger partial charge on any atom is 0.240 e. The third kappa shape index (κ3) is 3.31. The van der Waals surface area contributed by atoms with E-state index in [4.69, 9.17) is 11.6 Å². The minimum absolute atomic E-state index is 0.150. The molecule has 6 heteroatoms. The molecular formula is C12H14ClNO3S. The molecule has 0 bridgehead atoms. The van der Waals surface area contributed by atoms with Crippen molar-refractivity contribution in [3.05, 3.63) is 29.3 Å². The van der Waals surface area contributed by atoms with Crippen molar-refractivity contribution < 1.29 is 13.2 Å². The van der Waals surface area contributed by atoms with Gasteiger partial charge in [-0.1, -0.05) is 11.6 Å². The number of ketones is 1. The summed E-state index contributed by atoms with van der Waals surface area (Å²) in [5.41, 5.74) is 0. The van der Waals surface area contributed by atoms with Crippen molar-refractivity contribution >= 4 is 27.4 Å². The van der Waals surface area contributed by atoms with E-state index in [9.17, 15) is 13.2 Å². The van der Waals surface area contributed by atoms with Gasteiger partial charge in [0.05, 0.1) is 4.90 Å². The van der Waals surface area contributed by atoms with E-state index in [0.717, 1.165) is 0 Å². The molecule has 0 amide bonds. The molecule has 0 unspecified atom stereocenters. The topological polar surface area (TPSA) is 63.2 Å². The van der Waals surface area contributed by atoms with Gasteiger partial charge in [-0.25, -0.2) is 13.1 Å². The normalized spacial score (nSPS) is 17.9. The fourth-order valence-electron chi connectivity index (χ4n) is 1.96. The predicted molar refractivity (Wildman–Crippen MR) is 69.0 cm³/mol. The number of nitrogens with one attached hydrogen (secondary N) is 1. The number of benzene rings is 1. The second-order valence-corrected chi connectivity index (χ2v) is 6.54. The van der Waals surface area contributed by atoms with Crippen LogP contribution in [0.25, 0.3) is 0 Å². The largest absolute Gasteiger partial charge is 0.300 e. The van der Waals surface area contributed by atoms with Crippen LogP contribution in [0.1, 0.15) is 25.7 Å². The molecule has 1 saturated carbocycles. The number of Topliss-reactive ketones (excluding diaryl/α,β-unsaturated/α-hetero) is 1. The molecule has 1 N–H and O–H groups in total. The van der Waals surface area contributed by atoms with E-state index in [0.29, 0.717) is 30.7 Å². The van der Waals surface area contributed by atoms with Crippen molar-refractivity contribution in [2.24, 2.45) is 0 Å². The monoisotopic (exact) mass is 287 g/mol. The van der Waals surface area contributed by atoms with Gasteiger partial charge in [-0.3, -0.25) is 4.79 Å². The summed E-state index contributed by atoms with van der Waals surface area (Å²) in [6, 6.07) is 5.88. The molecule has 0 aliphatic heterocycles. The lowest BCUT2D eigenvalue weighted by atomic mass is 9.95.